The number of benzene rings is 2. The van der Waals surface area contributed by atoms with Crippen molar-refractivity contribution in [1.29, 1.82) is 0 Å². The Morgan fingerprint density at radius 2 is 1.81 bits per heavy atom. The molecule has 0 atom stereocenters. The van der Waals surface area contributed by atoms with Crippen LogP contribution in [0, 0.1) is 6.92 Å². The molecule has 2 rings (SSSR count). The zero-order chi connectivity index (χ0) is 20.0. The molecule has 2 aromatic carbocycles. The molecule has 0 aliphatic heterocycles. The number of rotatable bonds is 8. The third-order valence-corrected chi connectivity index (χ3v) is 6.64. The molecule has 2 N–H and O–H groups in total. The first-order valence-electron chi connectivity index (χ1n) is 8.68. The number of halogens is 1. The Hall–Kier alpha value is -1.90. The van der Waals surface area contributed by atoms with Crippen LogP contribution in [0.2, 0.25) is 0 Å². The number of carbonyl (C=O) groups excluding carboxylic acids is 1. The second-order valence-corrected chi connectivity index (χ2v) is 8.83. The van der Waals surface area contributed by atoms with Gasteiger partial charge in [-0.25, -0.2) is 8.42 Å². The Morgan fingerprint density at radius 1 is 1.11 bits per heavy atom. The SMILES string of the molecule is CCN(CC)S(=O)(=O)c1ccc(C)c(NCC(=O)Nc2cccc(Br)c2)c1. The Balaban J connectivity index is 2.11. The van der Waals surface area contributed by atoms with Gasteiger partial charge in [-0.1, -0.05) is 41.9 Å². The summed E-state index contributed by atoms with van der Waals surface area (Å²) in [4.78, 5) is 12.4. The van der Waals surface area contributed by atoms with Crippen molar-refractivity contribution in [1.82, 2.24) is 4.31 Å². The van der Waals surface area contributed by atoms with Crippen LogP contribution < -0.4 is 10.6 Å². The van der Waals surface area contributed by atoms with E-state index in [4.69, 9.17) is 0 Å². The van der Waals surface area contributed by atoms with Crippen molar-refractivity contribution in [3.05, 3.63) is 52.5 Å². The summed E-state index contributed by atoms with van der Waals surface area (Å²) >= 11 is 3.36. The fraction of sp³-hybridized carbons (Fsp3) is 0.316. The standard InChI is InChI=1S/C19H24BrN3O3S/c1-4-23(5-2)27(25,26)17-10-9-14(3)18(12-17)21-13-19(24)22-16-8-6-7-15(20)11-16/h6-12,21H,4-5,13H2,1-3H3,(H,22,24). The van der Waals surface area contributed by atoms with Crippen LogP contribution >= 0.6 is 15.9 Å². The molecule has 0 heterocycles. The smallest absolute Gasteiger partial charge is 0.243 e. The van der Waals surface area contributed by atoms with E-state index in [1.165, 1.54) is 4.31 Å². The number of carbonyl (C=O) groups is 1. The maximum Gasteiger partial charge on any atom is 0.243 e. The second-order valence-electron chi connectivity index (χ2n) is 5.98. The quantitative estimate of drug-likeness (QED) is 0.636. The van der Waals surface area contributed by atoms with Gasteiger partial charge in [-0.2, -0.15) is 4.31 Å². The van der Waals surface area contributed by atoms with Crippen molar-refractivity contribution in [2.24, 2.45) is 0 Å². The minimum atomic E-state index is -3.54. The lowest BCUT2D eigenvalue weighted by Crippen LogP contribution is -2.30. The highest BCUT2D eigenvalue weighted by Gasteiger charge is 2.22. The number of amides is 1. The molecule has 27 heavy (non-hydrogen) atoms. The zero-order valence-electron chi connectivity index (χ0n) is 15.6. The molecule has 6 nitrogen and oxygen atoms in total. The van der Waals surface area contributed by atoms with Gasteiger partial charge >= 0.3 is 0 Å². The van der Waals surface area contributed by atoms with Gasteiger partial charge in [-0.05, 0) is 42.8 Å². The van der Waals surface area contributed by atoms with Crippen LogP contribution in [0.1, 0.15) is 19.4 Å². The van der Waals surface area contributed by atoms with Gasteiger partial charge in [0.2, 0.25) is 15.9 Å². The highest BCUT2D eigenvalue weighted by molar-refractivity contribution is 9.10. The third-order valence-electron chi connectivity index (χ3n) is 4.10. The van der Waals surface area contributed by atoms with Gasteiger partial charge in [0.05, 0.1) is 11.4 Å². The lowest BCUT2D eigenvalue weighted by molar-refractivity contribution is -0.114. The number of nitrogens with zero attached hydrogens (tertiary/aromatic N) is 1. The molecule has 0 unspecified atom stereocenters. The fourth-order valence-electron chi connectivity index (χ4n) is 2.61. The molecule has 0 fully saturated rings. The molecule has 0 saturated carbocycles. The summed E-state index contributed by atoms with van der Waals surface area (Å²) in [7, 11) is -3.54. The first-order chi connectivity index (χ1) is 12.8. The maximum atomic E-state index is 12.7. The average molecular weight is 454 g/mol. The van der Waals surface area contributed by atoms with Crippen LogP contribution in [0.3, 0.4) is 0 Å². The van der Waals surface area contributed by atoms with E-state index in [0.717, 1.165) is 10.0 Å². The molecule has 0 aliphatic carbocycles. The summed E-state index contributed by atoms with van der Waals surface area (Å²) in [6.45, 7) is 6.32. The first kappa shape index (κ1) is 21.4. The normalized spacial score (nSPS) is 11.4. The van der Waals surface area contributed by atoms with Gasteiger partial charge in [-0.15, -0.1) is 0 Å². The molecule has 0 aromatic heterocycles. The number of hydrogen-bond donors (Lipinski definition) is 2. The van der Waals surface area contributed by atoms with Crippen LogP contribution in [0.25, 0.3) is 0 Å². The van der Waals surface area contributed by atoms with Crippen molar-refractivity contribution in [3.63, 3.8) is 0 Å². The van der Waals surface area contributed by atoms with E-state index >= 15 is 0 Å². The summed E-state index contributed by atoms with van der Waals surface area (Å²) in [5, 5.41) is 5.82. The minimum Gasteiger partial charge on any atom is -0.376 e. The van der Waals surface area contributed by atoms with Gasteiger partial charge in [0.15, 0.2) is 0 Å². The molecule has 8 heteroatoms. The summed E-state index contributed by atoms with van der Waals surface area (Å²) in [5.74, 6) is -0.218. The highest BCUT2D eigenvalue weighted by atomic mass is 79.9. The molecular weight excluding hydrogens is 430 g/mol. The van der Waals surface area contributed by atoms with Crippen LogP contribution in [0.5, 0.6) is 0 Å². The Kier molecular flexibility index (Phi) is 7.41. The predicted octanol–water partition coefficient (Wildman–Crippen LogP) is 3.84. The van der Waals surface area contributed by atoms with E-state index in [9.17, 15) is 13.2 Å². The summed E-state index contributed by atoms with van der Waals surface area (Å²) in [6.07, 6.45) is 0. The summed E-state index contributed by atoms with van der Waals surface area (Å²) in [6, 6.07) is 12.2. The van der Waals surface area contributed by atoms with Crippen molar-refractivity contribution < 1.29 is 13.2 Å². The van der Waals surface area contributed by atoms with Gasteiger partial charge < -0.3 is 10.6 Å². The van der Waals surface area contributed by atoms with Crippen LogP contribution in [-0.2, 0) is 14.8 Å². The molecule has 146 valence electrons. The molecule has 0 spiro atoms. The Bertz CT molecular complexity index is 912. The van der Waals surface area contributed by atoms with Gasteiger partial charge in [0.25, 0.3) is 0 Å². The van der Waals surface area contributed by atoms with Crippen LogP contribution in [0.4, 0.5) is 11.4 Å². The molecule has 1 amide bonds. The largest absolute Gasteiger partial charge is 0.376 e. The van der Waals surface area contributed by atoms with Crippen LogP contribution in [0.15, 0.2) is 51.8 Å². The second kappa shape index (κ2) is 9.34. The van der Waals surface area contributed by atoms with Crippen molar-refractivity contribution >= 4 is 43.2 Å². The maximum absolute atomic E-state index is 12.7. The van der Waals surface area contributed by atoms with E-state index in [2.05, 4.69) is 26.6 Å². The van der Waals surface area contributed by atoms with Gasteiger partial charge in [0, 0.05) is 28.9 Å². The summed E-state index contributed by atoms with van der Waals surface area (Å²) in [5.41, 5.74) is 2.17. The average Bonchev–Trinajstić information content (AvgIpc) is 2.61. The number of nitrogens with one attached hydrogen (secondary N) is 2. The monoisotopic (exact) mass is 453 g/mol. The lowest BCUT2D eigenvalue weighted by Gasteiger charge is -2.19. The third kappa shape index (κ3) is 5.54. The van der Waals surface area contributed by atoms with Gasteiger partial charge in [-0.3, -0.25) is 4.79 Å². The van der Waals surface area contributed by atoms with Gasteiger partial charge in [0.1, 0.15) is 0 Å². The molecule has 0 aliphatic rings. The van der Waals surface area contributed by atoms with Crippen molar-refractivity contribution in [3.8, 4) is 0 Å². The van der Waals surface area contributed by atoms with E-state index in [0.29, 0.717) is 24.5 Å². The van der Waals surface area contributed by atoms with Crippen molar-refractivity contribution in [2.45, 2.75) is 25.7 Å². The first-order valence-corrected chi connectivity index (χ1v) is 10.9. The Morgan fingerprint density at radius 3 is 2.44 bits per heavy atom. The lowest BCUT2D eigenvalue weighted by atomic mass is 10.2. The topological polar surface area (TPSA) is 78.5 Å². The zero-order valence-corrected chi connectivity index (χ0v) is 18.0. The number of hydrogen-bond acceptors (Lipinski definition) is 4. The fourth-order valence-corrected chi connectivity index (χ4v) is 4.50. The minimum absolute atomic E-state index is 0.0299. The van der Waals surface area contributed by atoms with Crippen molar-refractivity contribution in [2.75, 3.05) is 30.3 Å². The van der Waals surface area contributed by atoms with Crippen LogP contribution in [-0.4, -0.2) is 38.3 Å². The number of sulfonamides is 1. The number of anilines is 2. The molecule has 0 radical (unpaired) electrons. The molecule has 0 saturated heterocycles. The van der Waals surface area contributed by atoms with E-state index in [-0.39, 0.29) is 17.3 Å². The van der Waals surface area contributed by atoms with E-state index < -0.39 is 10.0 Å². The summed E-state index contributed by atoms with van der Waals surface area (Å²) < 4.78 is 27.6. The molecule has 2 aromatic rings. The predicted molar refractivity (Wildman–Crippen MR) is 113 cm³/mol. The van der Waals surface area contributed by atoms with E-state index in [1.807, 2.05) is 19.1 Å². The number of aryl methyl sites for hydroxylation is 1. The molecule has 0 bridgehead atoms. The highest BCUT2D eigenvalue weighted by Crippen LogP contribution is 2.23. The van der Waals surface area contributed by atoms with E-state index in [1.54, 1.807) is 44.2 Å². The molecular formula is C19H24BrN3O3S. The Labute approximate surface area is 169 Å².